The molecule has 98 valence electrons. The van der Waals surface area contributed by atoms with Crippen molar-refractivity contribution >= 4 is 16.5 Å². The molecule has 0 saturated heterocycles. The number of ether oxygens (including phenoxy) is 1. The molecule has 0 aliphatic heterocycles. The number of hydrogen-bond donors (Lipinski definition) is 1. The Hall–Kier alpha value is -2.12. The number of pyridine rings is 1. The summed E-state index contributed by atoms with van der Waals surface area (Å²) < 4.78 is 5.11. The largest absolute Gasteiger partial charge is 0.385 e. The SMILES string of the molecule is COC[C@@H](C)CNc1ccc2c(C#N)nccc2c1. The third-order valence-corrected chi connectivity index (χ3v) is 2.98. The van der Waals surface area contributed by atoms with Crippen LogP contribution >= 0.6 is 0 Å². The number of rotatable bonds is 5. The van der Waals surface area contributed by atoms with E-state index in [9.17, 15) is 0 Å². The Labute approximate surface area is 113 Å². The Balaban J connectivity index is 2.16. The Kier molecular flexibility index (Phi) is 4.32. The Bertz CT molecular complexity index is 604. The van der Waals surface area contributed by atoms with Gasteiger partial charge in [0, 0.05) is 30.9 Å². The van der Waals surface area contributed by atoms with Gasteiger partial charge in [-0.25, -0.2) is 4.98 Å². The van der Waals surface area contributed by atoms with Crippen LogP contribution in [0.1, 0.15) is 12.6 Å². The lowest BCUT2D eigenvalue weighted by atomic mass is 10.1. The van der Waals surface area contributed by atoms with Crippen molar-refractivity contribution in [1.82, 2.24) is 4.98 Å². The maximum atomic E-state index is 9.00. The van der Waals surface area contributed by atoms with Gasteiger partial charge < -0.3 is 10.1 Å². The number of nitrogens with one attached hydrogen (secondary N) is 1. The van der Waals surface area contributed by atoms with E-state index in [1.54, 1.807) is 13.3 Å². The Morgan fingerprint density at radius 3 is 3.00 bits per heavy atom. The summed E-state index contributed by atoms with van der Waals surface area (Å²) in [4.78, 5) is 4.06. The van der Waals surface area contributed by atoms with E-state index in [1.807, 2.05) is 24.3 Å². The number of fused-ring (bicyclic) bond motifs is 1. The molecule has 2 aromatic rings. The van der Waals surface area contributed by atoms with Crippen LogP contribution in [0.15, 0.2) is 30.5 Å². The van der Waals surface area contributed by atoms with Gasteiger partial charge in [-0.2, -0.15) is 5.26 Å². The monoisotopic (exact) mass is 255 g/mol. The highest BCUT2D eigenvalue weighted by molar-refractivity contribution is 5.88. The molecule has 0 aliphatic rings. The van der Waals surface area contributed by atoms with Gasteiger partial charge in [0.1, 0.15) is 11.8 Å². The molecule has 4 heteroatoms. The van der Waals surface area contributed by atoms with Crippen LogP contribution in [-0.4, -0.2) is 25.2 Å². The van der Waals surface area contributed by atoms with Gasteiger partial charge in [-0.05, 0) is 35.6 Å². The van der Waals surface area contributed by atoms with E-state index in [0.29, 0.717) is 11.6 Å². The second-order valence-electron chi connectivity index (χ2n) is 4.65. The first-order valence-corrected chi connectivity index (χ1v) is 6.26. The molecule has 1 atom stereocenters. The summed E-state index contributed by atoms with van der Waals surface area (Å²) in [6.45, 7) is 3.73. The lowest BCUT2D eigenvalue weighted by Gasteiger charge is -2.13. The highest BCUT2D eigenvalue weighted by Crippen LogP contribution is 2.21. The molecule has 0 unspecified atom stereocenters. The predicted octanol–water partition coefficient (Wildman–Crippen LogP) is 2.80. The fraction of sp³-hybridized carbons (Fsp3) is 0.333. The van der Waals surface area contributed by atoms with Crippen molar-refractivity contribution in [2.45, 2.75) is 6.92 Å². The standard InChI is InChI=1S/C15H17N3O/c1-11(10-19-2)9-18-13-3-4-14-12(7-13)5-6-17-15(14)8-16/h3-7,11,18H,9-10H2,1-2H3/t11-/m0/s1. The van der Waals surface area contributed by atoms with Crippen LogP contribution in [0.25, 0.3) is 10.8 Å². The van der Waals surface area contributed by atoms with Gasteiger partial charge in [0.15, 0.2) is 0 Å². The summed E-state index contributed by atoms with van der Waals surface area (Å²) in [6.07, 6.45) is 1.66. The molecule has 0 amide bonds. The highest BCUT2D eigenvalue weighted by atomic mass is 16.5. The molecule has 4 nitrogen and oxygen atoms in total. The second-order valence-corrected chi connectivity index (χ2v) is 4.65. The van der Waals surface area contributed by atoms with Crippen LogP contribution in [0.4, 0.5) is 5.69 Å². The minimum absolute atomic E-state index is 0.452. The van der Waals surface area contributed by atoms with Gasteiger partial charge in [-0.3, -0.25) is 0 Å². The normalized spacial score (nSPS) is 12.1. The van der Waals surface area contributed by atoms with Gasteiger partial charge in [0.25, 0.3) is 0 Å². The van der Waals surface area contributed by atoms with E-state index in [1.165, 1.54) is 0 Å². The van der Waals surface area contributed by atoms with Crippen molar-refractivity contribution in [3.8, 4) is 6.07 Å². The zero-order valence-corrected chi connectivity index (χ0v) is 11.2. The van der Waals surface area contributed by atoms with Crippen LogP contribution in [-0.2, 0) is 4.74 Å². The molecule has 0 bridgehead atoms. The van der Waals surface area contributed by atoms with Crippen LogP contribution in [0.5, 0.6) is 0 Å². The quantitative estimate of drug-likeness (QED) is 0.892. The van der Waals surface area contributed by atoms with Gasteiger partial charge >= 0.3 is 0 Å². The first-order chi connectivity index (χ1) is 9.24. The van der Waals surface area contributed by atoms with Crippen LogP contribution in [0, 0.1) is 17.2 Å². The maximum absolute atomic E-state index is 9.00. The van der Waals surface area contributed by atoms with Gasteiger partial charge in [-0.15, -0.1) is 0 Å². The molecule has 0 saturated carbocycles. The maximum Gasteiger partial charge on any atom is 0.148 e. The minimum Gasteiger partial charge on any atom is -0.385 e. The van der Waals surface area contributed by atoms with Crippen LogP contribution in [0.3, 0.4) is 0 Å². The highest BCUT2D eigenvalue weighted by Gasteiger charge is 2.04. The third-order valence-electron chi connectivity index (χ3n) is 2.98. The molecule has 0 fully saturated rings. The molecule has 19 heavy (non-hydrogen) atoms. The van der Waals surface area contributed by atoms with Gasteiger partial charge in [0.05, 0.1) is 6.61 Å². The molecule has 0 radical (unpaired) electrons. The molecule has 1 heterocycles. The fourth-order valence-corrected chi connectivity index (χ4v) is 2.01. The van der Waals surface area contributed by atoms with Crippen LogP contribution in [0.2, 0.25) is 0 Å². The molecule has 0 aliphatic carbocycles. The van der Waals surface area contributed by atoms with E-state index in [0.717, 1.165) is 29.6 Å². The van der Waals surface area contributed by atoms with Crippen molar-refractivity contribution in [2.24, 2.45) is 5.92 Å². The average Bonchev–Trinajstić information content (AvgIpc) is 2.44. The summed E-state index contributed by atoms with van der Waals surface area (Å²) in [7, 11) is 1.71. The van der Waals surface area contributed by atoms with Gasteiger partial charge in [-0.1, -0.05) is 6.92 Å². The van der Waals surface area contributed by atoms with Crippen molar-refractivity contribution in [3.63, 3.8) is 0 Å². The molecule has 2 rings (SSSR count). The summed E-state index contributed by atoms with van der Waals surface area (Å²) in [5, 5.41) is 14.3. The lowest BCUT2D eigenvalue weighted by Crippen LogP contribution is -2.15. The summed E-state index contributed by atoms with van der Waals surface area (Å²) >= 11 is 0. The summed E-state index contributed by atoms with van der Waals surface area (Å²) in [5.41, 5.74) is 1.52. The zero-order valence-electron chi connectivity index (χ0n) is 11.2. The van der Waals surface area contributed by atoms with E-state index in [4.69, 9.17) is 10.00 Å². The molecule has 0 spiro atoms. The molecule has 1 aromatic heterocycles. The fourth-order valence-electron chi connectivity index (χ4n) is 2.01. The van der Waals surface area contributed by atoms with E-state index < -0.39 is 0 Å². The number of nitrogens with zero attached hydrogens (tertiary/aromatic N) is 2. The smallest absolute Gasteiger partial charge is 0.148 e. The number of aromatic nitrogens is 1. The molecule has 1 N–H and O–H groups in total. The molecule has 1 aromatic carbocycles. The van der Waals surface area contributed by atoms with Crippen molar-refractivity contribution in [2.75, 3.05) is 25.6 Å². The zero-order chi connectivity index (χ0) is 13.7. The number of nitriles is 1. The molecular formula is C15H17N3O. The first-order valence-electron chi connectivity index (χ1n) is 6.26. The summed E-state index contributed by atoms with van der Waals surface area (Å²) in [5.74, 6) is 0.452. The minimum atomic E-state index is 0.452. The van der Waals surface area contributed by atoms with Crippen molar-refractivity contribution in [1.29, 1.82) is 5.26 Å². The van der Waals surface area contributed by atoms with Crippen LogP contribution < -0.4 is 5.32 Å². The number of methoxy groups -OCH3 is 1. The Morgan fingerprint density at radius 1 is 1.42 bits per heavy atom. The average molecular weight is 255 g/mol. The first kappa shape index (κ1) is 13.3. The van der Waals surface area contributed by atoms with E-state index in [2.05, 4.69) is 23.3 Å². The predicted molar refractivity (Wildman–Crippen MR) is 76.0 cm³/mol. The van der Waals surface area contributed by atoms with Gasteiger partial charge in [0.2, 0.25) is 0 Å². The third kappa shape index (κ3) is 3.21. The van der Waals surface area contributed by atoms with Crippen molar-refractivity contribution < 1.29 is 4.74 Å². The van der Waals surface area contributed by atoms with E-state index >= 15 is 0 Å². The lowest BCUT2D eigenvalue weighted by molar-refractivity contribution is 0.164. The topological polar surface area (TPSA) is 57.9 Å². The summed E-state index contributed by atoms with van der Waals surface area (Å²) in [6, 6.07) is 9.98. The number of anilines is 1. The Morgan fingerprint density at radius 2 is 2.26 bits per heavy atom. The molecular weight excluding hydrogens is 238 g/mol. The number of hydrogen-bond acceptors (Lipinski definition) is 4. The van der Waals surface area contributed by atoms with Crippen molar-refractivity contribution in [3.05, 3.63) is 36.2 Å². The van der Waals surface area contributed by atoms with E-state index in [-0.39, 0.29) is 0 Å². The second kappa shape index (κ2) is 6.17. The number of benzene rings is 1.